The standard InChI is InChI=1S/C17H14O2/c1-12-2-4-13(5-3-12)8-14-6-7-17-15(9-14)10-16(11-18)19-17/h2-7,9-11H,8H2,1H3. The first-order chi connectivity index (χ1) is 9.24. The highest BCUT2D eigenvalue weighted by atomic mass is 16.3. The van der Waals surface area contributed by atoms with Crippen LogP contribution >= 0.6 is 0 Å². The molecular weight excluding hydrogens is 236 g/mol. The van der Waals surface area contributed by atoms with Gasteiger partial charge in [-0.3, -0.25) is 4.79 Å². The summed E-state index contributed by atoms with van der Waals surface area (Å²) in [7, 11) is 0. The van der Waals surface area contributed by atoms with Gasteiger partial charge >= 0.3 is 0 Å². The van der Waals surface area contributed by atoms with Crippen LogP contribution < -0.4 is 0 Å². The van der Waals surface area contributed by atoms with Gasteiger partial charge in [0.2, 0.25) is 0 Å². The molecule has 19 heavy (non-hydrogen) atoms. The largest absolute Gasteiger partial charge is 0.453 e. The smallest absolute Gasteiger partial charge is 0.185 e. The van der Waals surface area contributed by atoms with Crippen molar-refractivity contribution in [3.63, 3.8) is 0 Å². The Morgan fingerprint density at radius 2 is 1.74 bits per heavy atom. The molecule has 0 spiro atoms. The summed E-state index contributed by atoms with van der Waals surface area (Å²) in [5.41, 5.74) is 4.53. The third kappa shape index (κ3) is 2.43. The monoisotopic (exact) mass is 250 g/mol. The molecule has 1 heterocycles. The zero-order valence-corrected chi connectivity index (χ0v) is 10.7. The number of benzene rings is 2. The van der Waals surface area contributed by atoms with Gasteiger partial charge in [-0.2, -0.15) is 0 Å². The molecule has 0 aliphatic carbocycles. The second kappa shape index (κ2) is 4.73. The summed E-state index contributed by atoms with van der Waals surface area (Å²) >= 11 is 0. The number of fused-ring (bicyclic) bond motifs is 1. The summed E-state index contributed by atoms with van der Waals surface area (Å²) in [6.45, 7) is 2.09. The van der Waals surface area contributed by atoms with Gasteiger partial charge in [0.15, 0.2) is 12.0 Å². The molecule has 0 N–H and O–H groups in total. The molecule has 2 heteroatoms. The fourth-order valence-electron chi connectivity index (χ4n) is 2.22. The van der Waals surface area contributed by atoms with Crippen molar-refractivity contribution in [3.05, 3.63) is 71.0 Å². The lowest BCUT2D eigenvalue weighted by molar-refractivity contribution is 0.110. The Hall–Kier alpha value is -2.35. The third-order valence-corrected chi connectivity index (χ3v) is 3.24. The van der Waals surface area contributed by atoms with E-state index in [1.54, 1.807) is 6.07 Å². The number of hydrogen-bond acceptors (Lipinski definition) is 2. The lowest BCUT2D eigenvalue weighted by atomic mass is 10.0. The molecule has 0 bridgehead atoms. The number of aryl methyl sites for hydroxylation is 1. The van der Waals surface area contributed by atoms with E-state index in [0.717, 1.165) is 23.7 Å². The lowest BCUT2D eigenvalue weighted by Gasteiger charge is -2.02. The summed E-state index contributed by atoms with van der Waals surface area (Å²) in [5, 5.41) is 0.978. The van der Waals surface area contributed by atoms with E-state index < -0.39 is 0 Å². The van der Waals surface area contributed by atoms with Crippen LogP contribution in [0.5, 0.6) is 0 Å². The summed E-state index contributed by atoms with van der Waals surface area (Å²) in [6, 6.07) is 16.3. The zero-order valence-electron chi connectivity index (χ0n) is 10.7. The van der Waals surface area contributed by atoms with Crippen LogP contribution in [-0.2, 0) is 6.42 Å². The van der Waals surface area contributed by atoms with Crippen LogP contribution in [0.15, 0.2) is 52.9 Å². The van der Waals surface area contributed by atoms with Crippen molar-refractivity contribution in [3.8, 4) is 0 Å². The first-order valence-corrected chi connectivity index (χ1v) is 6.28. The van der Waals surface area contributed by atoms with Crippen molar-refractivity contribution in [2.75, 3.05) is 0 Å². The Labute approximate surface area is 111 Å². The second-order valence-corrected chi connectivity index (χ2v) is 4.80. The van der Waals surface area contributed by atoms with Crippen LogP contribution in [0.1, 0.15) is 27.2 Å². The van der Waals surface area contributed by atoms with Crippen LogP contribution in [0.4, 0.5) is 0 Å². The summed E-state index contributed by atoms with van der Waals surface area (Å²) in [5.74, 6) is 0.377. The van der Waals surface area contributed by atoms with Gasteiger partial charge < -0.3 is 4.42 Å². The predicted molar refractivity (Wildman–Crippen MR) is 75.6 cm³/mol. The molecule has 2 aromatic carbocycles. The maximum Gasteiger partial charge on any atom is 0.185 e. The second-order valence-electron chi connectivity index (χ2n) is 4.80. The van der Waals surface area contributed by atoms with Crippen molar-refractivity contribution >= 4 is 17.3 Å². The third-order valence-electron chi connectivity index (χ3n) is 3.24. The number of hydrogen-bond donors (Lipinski definition) is 0. The van der Waals surface area contributed by atoms with Gasteiger partial charge in [0.05, 0.1) is 0 Å². The maximum atomic E-state index is 10.7. The molecule has 0 fully saturated rings. The quantitative estimate of drug-likeness (QED) is 0.654. The van der Waals surface area contributed by atoms with E-state index in [1.807, 2.05) is 12.1 Å². The highest BCUT2D eigenvalue weighted by molar-refractivity contribution is 5.85. The molecule has 94 valence electrons. The van der Waals surface area contributed by atoms with E-state index in [9.17, 15) is 4.79 Å². The number of aldehydes is 1. The molecule has 0 radical (unpaired) electrons. The van der Waals surface area contributed by atoms with Gasteiger partial charge in [-0.25, -0.2) is 0 Å². The molecule has 0 saturated carbocycles. The average Bonchev–Trinajstić information content (AvgIpc) is 2.83. The molecule has 0 unspecified atom stereocenters. The van der Waals surface area contributed by atoms with Crippen molar-refractivity contribution in [1.82, 2.24) is 0 Å². The van der Waals surface area contributed by atoms with Crippen molar-refractivity contribution in [1.29, 1.82) is 0 Å². The van der Waals surface area contributed by atoms with Crippen LogP contribution in [0.2, 0.25) is 0 Å². The highest BCUT2D eigenvalue weighted by Crippen LogP contribution is 2.21. The zero-order chi connectivity index (χ0) is 13.2. The minimum absolute atomic E-state index is 0.377. The predicted octanol–water partition coefficient (Wildman–Crippen LogP) is 4.14. The minimum atomic E-state index is 0.377. The van der Waals surface area contributed by atoms with Crippen LogP contribution in [-0.4, -0.2) is 6.29 Å². The van der Waals surface area contributed by atoms with Gasteiger partial charge in [-0.05, 0) is 42.7 Å². The number of carbonyl (C=O) groups excluding carboxylic acids is 1. The highest BCUT2D eigenvalue weighted by Gasteiger charge is 2.04. The molecule has 0 saturated heterocycles. The van der Waals surface area contributed by atoms with Gasteiger partial charge in [-0.1, -0.05) is 35.9 Å². The number of furan rings is 1. The molecule has 1 aromatic heterocycles. The normalized spacial score (nSPS) is 10.8. The molecule has 0 aliphatic rings. The van der Waals surface area contributed by atoms with Gasteiger partial charge in [0.1, 0.15) is 5.58 Å². The fourth-order valence-corrected chi connectivity index (χ4v) is 2.22. The average molecular weight is 250 g/mol. The lowest BCUT2D eigenvalue weighted by Crippen LogP contribution is -1.87. The first-order valence-electron chi connectivity index (χ1n) is 6.28. The maximum absolute atomic E-state index is 10.7. The Morgan fingerprint density at radius 3 is 2.47 bits per heavy atom. The molecule has 0 aliphatic heterocycles. The number of carbonyl (C=O) groups is 1. The summed E-state index contributed by atoms with van der Waals surface area (Å²) < 4.78 is 5.37. The molecule has 0 amide bonds. The number of rotatable bonds is 3. The van der Waals surface area contributed by atoms with Crippen LogP contribution in [0.3, 0.4) is 0 Å². The van der Waals surface area contributed by atoms with E-state index in [2.05, 4.69) is 37.3 Å². The Bertz CT molecular complexity index is 721. The summed E-state index contributed by atoms with van der Waals surface area (Å²) in [6.07, 6.45) is 1.62. The van der Waals surface area contributed by atoms with E-state index in [-0.39, 0.29) is 0 Å². The van der Waals surface area contributed by atoms with Gasteiger partial charge in [-0.15, -0.1) is 0 Å². The Kier molecular flexibility index (Phi) is 2.92. The Balaban J connectivity index is 1.92. The van der Waals surface area contributed by atoms with Crippen molar-refractivity contribution in [2.45, 2.75) is 13.3 Å². The van der Waals surface area contributed by atoms with Crippen LogP contribution in [0, 0.1) is 6.92 Å². The van der Waals surface area contributed by atoms with Gasteiger partial charge in [0, 0.05) is 5.39 Å². The summed E-state index contributed by atoms with van der Waals surface area (Å²) in [4.78, 5) is 10.7. The van der Waals surface area contributed by atoms with Crippen LogP contribution in [0.25, 0.3) is 11.0 Å². The molecular formula is C17H14O2. The topological polar surface area (TPSA) is 30.2 Å². The van der Waals surface area contributed by atoms with Crippen molar-refractivity contribution in [2.24, 2.45) is 0 Å². The molecule has 3 rings (SSSR count). The fraction of sp³-hybridized carbons (Fsp3) is 0.118. The van der Waals surface area contributed by atoms with E-state index >= 15 is 0 Å². The molecule has 3 aromatic rings. The van der Waals surface area contributed by atoms with Gasteiger partial charge in [0.25, 0.3) is 0 Å². The van der Waals surface area contributed by atoms with E-state index in [4.69, 9.17) is 4.42 Å². The Morgan fingerprint density at radius 1 is 1.00 bits per heavy atom. The van der Waals surface area contributed by atoms with E-state index in [1.165, 1.54) is 16.7 Å². The molecule has 0 atom stereocenters. The first kappa shape index (κ1) is 11.7. The van der Waals surface area contributed by atoms with Crippen molar-refractivity contribution < 1.29 is 9.21 Å². The molecule has 2 nitrogen and oxygen atoms in total. The SMILES string of the molecule is Cc1ccc(Cc2ccc3oc(C=O)cc3c2)cc1. The minimum Gasteiger partial charge on any atom is -0.453 e. The van der Waals surface area contributed by atoms with E-state index in [0.29, 0.717) is 5.76 Å².